The second-order valence-corrected chi connectivity index (χ2v) is 5.82. The van der Waals surface area contributed by atoms with Crippen LogP contribution in [-0.2, 0) is 6.54 Å². The highest BCUT2D eigenvalue weighted by Gasteiger charge is 2.18. The number of fused-ring (bicyclic) bond motifs is 1. The van der Waals surface area contributed by atoms with Crippen molar-refractivity contribution >= 4 is 0 Å². The highest BCUT2D eigenvalue weighted by atomic mass is 16.7. The minimum Gasteiger partial charge on any atom is -0.493 e. The van der Waals surface area contributed by atoms with Gasteiger partial charge in [0.2, 0.25) is 6.79 Å². The van der Waals surface area contributed by atoms with Gasteiger partial charge in [0.1, 0.15) is 5.75 Å². The molecule has 0 spiro atoms. The molecule has 1 aliphatic heterocycles. The summed E-state index contributed by atoms with van der Waals surface area (Å²) in [6, 6.07) is 6.02. The lowest BCUT2D eigenvalue weighted by molar-refractivity contribution is 0.173. The average Bonchev–Trinajstić information content (AvgIpc) is 2.93. The molecule has 5 heteroatoms. The molecule has 1 aromatic carbocycles. The fraction of sp³-hybridized carbons (Fsp3) is 0.562. The number of nitriles is 1. The van der Waals surface area contributed by atoms with Gasteiger partial charge in [-0.05, 0) is 39.2 Å². The van der Waals surface area contributed by atoms with E-state index in [1.54, 1.807) is 0 Å². The highest BCUT2D eigenvalue weighted by molar-refractivity contribution is 5.51. The van der Waals surface area contributed by atoms with Crippen molar-refractivity contribution in [2.75, 3.05) is 13.4 Å². The zero-order chi connectivity index (χ0) is 15.3. The fourth-order valence-corrected chi connectivity index (χ4v) is 2.17. The maximum Gasteiger partial charge on any atom is 0.231 e. The standard InChI is InChI=1S/C16H22N2O3/c1-16(2,10-18)5-3-4-6-19-13-8-15-14(20-11-21-15)7-12(13)9-17/h7-8H,3-6,9,11,17H2,1-2H3. The highest BCUT2D eigenvalue weighted by Crippen LogP contribution is 2.38. The Labute approximate surface area is 125 Å². The lowest BCUT2D eigenvalue weighted by atomic mass is 9.89. The van der Waals surface area contributed by atoms with Crippen LogP contribution < -0.4 is 19.9 Å². The summed E-state index contributed by atoms with van der Waals surface area (Å²) in [5.74, 6) is 2.17. The summed E-state index contributed by atoms with van der Waals surface area (Å²) in [5, 5.41) is 8.97. The lowest BCUT2D eigenvalue weighted by Crippen LogP contribution is -2.09. The predicted molar refractivity (Wildman–Crippen MR) is 79.2 cm³/mol. The van der Waals surface area contributed by atoms with E-state index in [-0.39, 0.29) is 12.2 Å². The zero-order valence-electron chi connectivity index (χ0n) is 12.6. The molecule has 0 saturated carbocycles. The van der Waals surface area contributed by atoms with Crippen LogP contribution in [0, 0.1) is 16.7 Å². The van der Waals surface area contributed by atoms with Crippen molar-refractivity contribution in [3.8, 4) is 23.3 Å². The van der Waals surface area contributed by atoms with E-state index >= 15 is 0 Å². The molecule has 1 aromatic rings. The summed E-state index contributed by atoms with van der Waals surface area (Å²) in [7, 11) is 0. The monoisotopic (exact) mass is 290 g/mol. The Morgan fingerprint density at radius 1 is 1.29 bits per heavy atom. The summed E-state index contributed by atoms with van der Waals surface area (Å²) in [6.07, 6.45) is 2.74. The summed E-state index contributed by atoms with van der Waals surface area (Å²) < 4.78 is 16.5. The number of rotatable bonds is 7. The molecule has 0 bridgehead atoms. The largest absolute Gasteiger partial charge is 0.493 e. The Balaban J connectivity index is 1.85. The molecule has 5 nitrogen and oxygen atoms in total. The van der Waals surface area contributed by atoms with Crippen LogP contribution in [0.4, 0.5) is 0 Å². The van der Waals surface area contributed by atoms with Crippen molar-refractivity contribution < 1.29 is 14.2 Å². The third kappa shape index (κ3) is 4.02. The topological polar surface area (TPSA) is 77.5 Å². The SMILES string of the molecule is CC(C)(C#N)CCCCOc1cc2c(cc1CN)OCO2. The van der Waals surface area contributed by atoms with Gasteiger partial charge in [0.25, 0.3) is 0 Å². The molecule has 0 radical (unpaired) electrons. The van der Waals surface area contributed by atoms with E-state index in [1.807, 2.05) is 26.0 Å². The molecule has 0 aliphatic carbocycles. The Kier molecular flexibility index (Phi) is 4.92. The molecule has 2 rings (SSSR count). The zero-order valence-corrected chi connectivity index (χ0v) is 12.6. The van der Waals surface area contributed by atoms with Crippen LogP contribution in [0.25, 0.3) is 0 Å². The predicted octanol–water partition coefficient (Wildman–Crippen LogP) is 2.97. The first-order valence-corrected chi connectivity index (χ1v) is 7.22. The smallest absolute Gasteiger partial charge is 0.231 e. The van der Waals surface area contributed by atoms with Crippen molar-refractivity contribution in [2.24, 2.45) is 11.1 Å². The first-order chi connectivity index (χ1) is 10.1. The number of hydrogen-bond acceptors (Lipinski definition) is 5. The van der Waals surface area contributed by atoms with E-state index < -0.39 is 0 Å². The van der Waals surface area contributed by atoms with Gasteiger partial charge in [0.05, 0.1) is 18.1 Å². The van der Waals surface area contributed by atoms with E-state index in [1.165, 1.54) is 0 Å². The quantitative estimate of drug-likeness (QED) is 0.781. The molecule has 0 aromatic heterocycles. The van der Waals surface area contributed by atoms with Gasteiger partial charge in [-0.1, -0.05) is 0 Å². The van der Waals surface area contributed by atoms with E-state index in [2.05, 4.69) is 6.07 Å². The van der Waals surface area contributed by atoms with Gasteiger partial charge in [0.15, 0.2) is 11.5 Å². The minimum atomic E-state index is -0.263. The van der Waals surface area contributed by atoms with Crippen LogP contribution in [0.5, 0.6) is 17.2 Å². The summed E-state index contributed by atoms with van der Waals surface area (Å²) in [5.41, 5.74) is 6.39. The van der Waals surface area contributed by atoms with Crippen molar-refractivity contribution in [2.45, 2.75) is 39.7 Å². The molecule has 0 unspecified atom stereocenters. The first-order valence-electron chi connectivity index (χ1n) is 7.22. The van der Waals surface area contributed by atoms with Gasteiger partial charge in [0, 0.05) is 18.2 Å². The van der Waals surface area contributed by atoms with Crippen molar-refractivity contribution in [3.05, 3.63) is 17.7 Å². The lowest BCUT2D eigenvalue weighted by Gasteiger charge is -2.15. The number of ether oxygens (including phenoxy) is 3. The van der Waals surface area contributed by atoms with Crippen LogP contribution in [0.15, 0.2) is 12.1 Å². The molecule has 1 aliphatic rings. The second kappa shape index (κ2) is 6.68. The molecular formula is C16H22N2O3. The summed E-state index contributed by atoms with van der Waals surface area (Å²) in [6.45, 7) is 5.16. The summed E-state index contributed by atoms with van der Waals surface area (Å²) >= 11 is 0. The van der Waals surface area contributed by atoms with E-state index in [0.29, 0.717) is 18.9 Å². The number of nitrogens with two attached hydrogens (primary N) is 1. The Morgan fingerprint density at radius 2 is 2.00 bits per heavy atom. The second-order valence-electron chi connectivity index (χ2n) is 5.82. The average molecular weight is 290 g/mol. The molecular weight excluding hydrogens is 268 g/mol. The number of nitrogens with zero attached hydrogens (tertiary/aromatic N) is 1. The normalized spacial score (nSPS) is 13.0. The molecule has 21 heavy (non-hydrogen) atoms. The fourth-order valence-electron chi connectivity index (χ4n) is 2.17. The minimum absolute atomic E-state index is 0.242. The van der Waals surface area contributed by atoms with E-state index in [0.717, 1.165) is 36.3 Å². The first kappa shape index (κ1) is 15.5. The van der Waals surface area contributed by atoms with Crippen LogP contribution in [0.1, 0.15) is 38.7 Å². The van der Waals surface area contributed by atoms with Gasteiger partial charge in [-0.15, -0.1) is 0 Å². The van der Waals surface area contributed by atoms with Gasteiger partial charge < -0.3 is 19.9 Å². The Bertz CT molecular complexity index is 535. The maximum absolute atomic E-state index is 8.97. The Morgan fingerprint density at radius 3 is 2.67 bits per heavy atom. The maximum atomic E-state index is 8.97. The summed E-state index contributed by atoms with van der Waals surface area (Å²) in [4.78, 5) is 0. The van der Waals surface area contributed by atoms with Crippen molar-refractivity contribution in [1.29, 1.82) is 5.26 Å². The van der Waals surface area contributed by atoms with Crippen LogP contribution in [0.2, 0.25) is 0 Å². The number of hydrogen-bond donors (Lipinski definition) is 1. The molecule has 0 amide bonds. The van der Waals surface area contributed by atoms with Gasteiger partial charge in [-0.25, -0.2) is 0 Å². The van der Waals surface area contributed by atoms with Crippen LogP contribution in [0.3, 0.4) is 0 Å². The molecule has 0 atom stereocenters. The molecule has 2 N–H and O–H groups in total. The van der Waals surface area contributed by atoms with Gasteiger partial charge in [-0.3, -0.25) is 0 Å². The third-order valence-electron chi connectivity index (χ3n) is 3.53. The van der Waals surface area contributed by atoms with Crippen molar-refractivity contribution in [3.63, 3.8) is 0 Å². The molecule has 1 heterocycles. The number of unbranched alkanes of at least 4 members (excludes halogenated alkanes) is 1. The van der Waals surface area contributed by atoms with E-state index in [4.69, 9.17) is 25.2 Å². The van der Waals surface area contributed by atoms with Crippen LogP contribution in [-0.4, -0.2) is 13.4 Å². The van der Waals surface area contributed by atoms with Gasteiger partial charge in [-0.2, -0.15) is 5.26 Å². The molecule has 0 saturated heterocycles. The van der Waals surface area contributed by atoms with Gasteiger partial charge >= 0.3 is 0 Å². The number of benzene rings is 1. The third-order valence-corrected chi connectivity index (χ3v) is 3.53. The van der Waals surface area contributed by atoms with Crippen LogP contribution >= 0.6 is 0 Å². The Hall–Kier alpha value is -1.93. The van der Waals surface area contributed by atoms with E-state index in [9.17, 15) is 0 Å². The molecule has 114 valence electrons. The molecule has 0 fully saturated rings. The van der Waals surface area contributed by atoms with Crippen molar-refractivity contribution in [1.82, 2.24) is 0 Å².